The van der Waals surface area contributed by atoms with Crippen molar-refractivity contribution in [1.29, 1.82) is 0 Å². The Kier molecular flexibility index (Phi) is 3.42. The minimum atomic E-state index is -0.970. The maximum absolute atomic E-state index is 12.1. The molecule has 0 atom stereocenters. The van der Waals surface area contributed by atoms with E-state index in [1.165, 1.54) is 18.6 Å². The summed E-state index contributed by atoms with van der Waals surface area (Å²) >= 11 is 0. The van der Waals surface area contributed by atoms with Gasteiger partial charge in [0, 0.05) is 18.7 Å². The first kappa shape index (κ1) is 11.6. The number of nitrogens with zero attached hydrogens (tertiary/aromatic N) is 1. The van der Waals surface area contributed by atoms with Gasteiger partial charge in [-0.2, -0.15) is 0 Å². The molecule has 0 aliphatic carbocycles. The number of likely N-dealkylation sites (tertiary alicyclic amines) is 1. The van der Waals surface area contributed by atoms with Gasteiger partial charge in [0.15, 0.2) is 0 Å². The fourth-order valence-electron chi connectivity index (χ4n) is 2.03. The highest BCUT2D eigenvalue weighted by Gasteiger charge is 2.18. The number of carbonyl (C=O) groups excluding carboxylic acids is 1. The smallest absolute Gasteiger partial charge is 0.335 e. The lowest BCUT2D eigenvalue weighted by Crippen LogP contribution is -2.35. The maximum atomic E-state index is 12.1. The fourth-order valence-corrected chi connectivity index (χ4v) is 2.03. The van der Waals surface area contributed by atoms with Crippen LogP contribution in [0.5, 0.6) is 0 Å². The van der Waals surface area contributed by atoms with Crippen molar-refractivity contribution in [3.05, 3.63) is 35.4 Å². The normalized spacial score (nSPS) is 15.6. The van der Waals surface area contributed by atoms with Crippen LogP contribution in [-0.2, 0) is 0 Å². The minimum absolute atomic E-state index is 0.00152. The number of aromatic carboxylic acids is 1. The third-order valence-corrected chi connectivity index (χ3v) is 3.02. The molecule has 0 aromatic heterocycles. The maximum Gasteiger partial charge on any atom is 0.335 e. The van der Waals surface area contributed by atoms with Gasteiger partial charge in [-0.25, -0.2) is 4.79 Å². The van der Waals surface area contributed by atoms with Crippen molar-refractivity contribution < 1.29 is 14.7 Å². The number of benzene rings is 1. The molecule has 1 aliphatic heterocycles. The SMILES string of the molecule is O=C(O)c1ccc(C(=O)N2CCCCC2)cc1. The molecule has 90 valence electrons. The predicted octanol–water partition coefficient (Wildman–Crippen LogP) is 2.01. The van der Waals surface area contributed by atoms with Gasteiger partial charge in [-0.1, -0.05) is 0 Å². The second-order valence-electron chi connectivity index (χ2n) is 4.24. The van der Waals surface area contributed by atoms with Crippen molar-refractivity contribution in [2.75, 3.05) is 13.1 Å². The molecular weight excluding hydrogens is 218 g/mol. The van der Waals surface area contributed by atoms with E-state index >= 15 is 0 Å². The summed E-state index contributed by atoms with van der Waals surface area (Å²) in [6, 6.07) is 6.11. The standard InChI is InChI=1S/C13H15NO3/c15-12(14-8-2-1-3-9-14)10-4-6-11(7-5-10)13(16)17/h4-7H,1-3,8-9H2,(H,16,17). The highest BCUT2D eigenvalue weighted by molar-refractivity contribution is 5.95. The van der Waals surface area contributed by atoms with Crippen molar-refractivity contribution in [1.82, 2.24) is 4.90 Å². The molecule has 0 unspecified atom stereocenters. The van der Waals surface area contributed by atoms with E-state index in [4.69, 9.17) is 5.11 Å². The lowest BCUT2D eigenvalue weighted by molar-refractivity contribution is 0.0691. The zero-order valence-electron chi connectivity index (χ0n) is 9.56. The molecule has 1 aromatic rings. The third-order valence-electron chi connectivity index (χ3n) is 3.02. The number of hydrogen-bond acceptors (Lipinski definition) is 2. The van der Waals surface area contributed by atoms with E-state index in [-0.39, 0.29) is 11.5 Å². The van der Waals surface area contributed by atoms with Crippen LogP contribution in [0.25, 0.3) is 0 Å². The number of carboxylic acids is 1. The van der Waals surface area contributed by atoms with Crippen LogP contribution < -0.4 is 0 Å². The van der Waals surface area contributed by atoms with E-state index < -0.39 is 5.97 Å². The van der Waals surface area contributed by atoms with Crippen LogP contribution in [0.1, 0.15) is 40.0 Å². The van der Waals surface area contributed by atoms with Gasteiger partial charge >= 0.3 is 5.97 Å². The average Bonchev–Trinajstić information content (AvgIpc) is 2.39. The van der Waals surface area contributed by atoms with E-state index in [2.05, 4.69) is 0 Å². The first-order valence-corrected chi connectivity index (χ1v) is 5.81. The van der Waals surface area contributed by atoms with Crippen LogP contribution in [-0.4, -0.2) is 35.0 Å². The molecule has 1 amide bonds. The molecule has 2 rings (SSSR count). The molecule has 0 radical (unpaired) electrons. The van der Waals surface area contributed by atoms with E-state index in [1.54, 1.807) is 12.1 Å². The Morgan fingerprint density at radius 1 is 0.941 bits per heavy atom. The molecule has 1 N–H and O–H groups in total. The fraction of sp³-hybridized carbons (Fsp3) is 0.385. The lowest BCUT2D eigenvalue weighted by atomic mass is 10.1. The first-order chi connectivity index (χ1) is 8.18. The van der Waals surface area contributed by atoms with E-state index in [1.807, 2.05) is 4.90 Å². The predicted molar refractivity (Wildman–Crippen MR) is 63.2 cm³/mol. The van der Waals surface area contributed by atoms with Crippen molar-refractivity contribution in [3.63, 3.8) is 0 Å². The minimum Gasteiger partial charge on any atom is -0.478 e. The van der Waals surface area contributed by atoms with Gasteiger partial charge in [0.2, 0.25) is 0 Å². The third kappa shape index (κ3) is 2.64. The summed E-state index contributed by atoms with van der Waals surface area (Å²) in [6.45, 7) is 1.61. The van der Waals surface area contributed by atoms with Crippen molar-refractivity contribution in [2.24, 2.45) is 0 Å². The summed E-state index contributed by atoms with van der Waals surface area (Å²) in [5.41, 5.74) is 0.775. The second-order valence-corrected chi connectivity index (χ2v) is 4.24. The highest BCUT2D eigenvalue weighted by atomic mass is 16.4. The summed E-state index contributed by atoms with van der Waals surface area (Å²) < 4.78 is 0. The molecule has 0 bridgehead atoms. The van der Waals surface area contributed by atoms with E-state index in [0.717, 1.165) is 25.9 Å². The number of carbonyl (C=O) groups is 2. The van der Waals surface area contributed by atoms with Crippen molar-refractivity contribution in [2.45, 2.75) is 19.3 Å². The van der Waals surface area contributed by atoms with Gasteiger partial charge in [0.25, 0.3) is 5.91 Å². The molecular formula is C13H15NO3. The van der Waals surface area contributed by atoms with Crippen LogP contribution in [0, 0.1) is 0 Å². The average molecular weight is 233 g/mol. The zero-order chi connectivity index (χ0) is 12.3. The van der Waals surface area contributed by atoms with E-state index in [0.29, 0.717) is 5.56 Å². The zero-order valence-corrected chi connectivity index (χ0v) is 9.56. The van der Waals surface area contributed by atoms with Gasteiger partial charge in [-0.3, -0.25) is 4.79 Å². The Morgan fingerprint density at radius 3 is 2.00 bits per heavy atom. The lowest BCUT2D eigenvalue weighted by Gasteiger charge is -2.26. The Labute approximate surface area is 99.9 Å². The topological polar surface area (TPSA) is 57.6 Å². The summed E-state index contributed by atoms with van der Waals surface area (Å²) in [7, 11) is 0. The van der Waals surface area contributed by atoms with Gasteiger partial charge < -0.3 is 10.0 Å². The number of hydrogen-bond donors (Lipinski definition) is 1. The second kappa shape index (κ2) is 4.99. The molecule has 1 heterocycles. The monoisotopic (exact) mass is 233 g/mol. The Bertz CT molecular complexity index is 419. The number of rotatable bonds is 2. The van der Waals surface area contributed by atoms with Crippen LogP contribution in [0.15, 0.2) is 24.3 Å². The molecule has 1 saturated heterocycles. The summed E-state index contributed by atoms with van der Waals surface area (Å²) in [4.78, 5) is 24.6. The first-order valence-electron chi connectivity index (χ1n) is 5.81. The van der Waals surface area contributed by atoms with Gasteiger partial charge in [0.1, 0.15) is 0 Å². The van der Waals surface area contributed by atoms with Gasteiger partial charge in [0.05, 0.1) is 5.56 Å². The molecule has 4 nitrogen and oxygen atoms in total. The Hall–Kier alpha value is -1.84. The van der Waals surface area contributed by atoms with Gasteiger partial charge in [-0.15, -0.1) is 0 Å². The largest absolute Gasteiger partial charge is 0.478 e. The van der Waals surface area contributed by atoms with Crippen molar-refractivity contribution >= 4 is 11.9 Å². The summed E-state index contributed by atoms with van der Waals surface area (Å²) in [5.74, 6) is -0.969. The summed E-state index contributed by atoms with van der Waals surface area (Å²) in [6.07, 6.45) is 3.29. The molecule has 17 heavy (non-hydrogen) atoms. The Balaban J connectivity index is 2.10. The highest BCUT2D eigenvalue weighted by Crippen LogP contribution is 2.13. The molecule has 1 fully saturated rings. The van der Waals surface area contributed by atoms with Crippen LogP contribution >= 0.6 is 0 Å². The molecule has 4 heteroatoms. The number of amides is 1. The number of piperidine rings is 1. The summed E-state index contributed by atoms with van der Waals surface area (Å²) in [5, 5.41) is 8.77. The molecule has 1 aromatic carbocycles. The molecule has 0 spiro atoms. The molecule has 0 saturated carbocycles. The van der Waals surface area contributed by atoms with Crippen LogP contribution in [0.4, 0.5) is 0 Å². The van der Waals surface area contributed by atoms with Crippen LogP contribution in [0.3, 0.4) is 0 Å². The van der Waals surface area contributed by atoms with E-state index in [9.17, 15) is 9.59 Å². The van der Waals surface area contributed by atoms with Gasteiger partial charge in [-0.05, 0) is 43.5 Å². The quantitative estimate of drug-likeness (QED) is 0.850. The Morgan fingerprint density at radius 2 is 1.47 bits per heavy atom. The van der Waals surface area contributed by atoms with Crippen LogP contribution in [0.2, 0.25) is 0 Å². The van der Waals surface area contributed by atoms with Crippen molar-refractivity contribution in [3.8, 4) is 0 Å². The number of carboxylic acid groups (broad SMARTS) is 1. The molecule has 1 aliphatic rings.